The van der Waals surface area contributed by atoms with E-state index in [2.05, 4.69) is 51.4 Å². The molecule has 0 aliphatic carbocycles. The van der Waals surface area contributed by atoms with Crippen molar-refractivity contribution in [2.24, 2.45) is 5.92 Å². The summed E-state index contributed by atoms with van der Waals surface area (Å²) in [6.07, 6.45) is 5.86. The standard InChI is InChI=1S/C23H31N5O/c1-17-10-14-27(15-11-17)20-8-6-19(7-9-20)26-22-16-21(24-18(2)25-22)23(29)28-12-4-3-5-13-28/h6-9,16-17H,3-5,10-15H2,1-2H3,(H,24,25,26). The molecule has 4 rings (SSSR count). The average Bonchev–Trinajstić information content (AvgIpc) is 2.75. The van der Waals surface area contributed by atoms with Crippen molar-refractivity contribution in [2.75, 3.05) is 36.4 Å². The van der Waals surface area contributed by atoms with Crippen LogP contribution in [-0.2, 0) is 0 Å². The number of hydrogen-bond acceptors (Lipinski definition) is 5. The van der Waals surface area contributed by atoms with Crippen molar-refractivity contribution in [3.8, 4) is 0 Å². The van der Waals surface area contributed by atoms with Gasteiger partial charge in [0.1, 0.15) is 17.3 Å². The van der Waals surface area contributed by atoms with Crippen LogP contribution in [0.1, 0.15) is 55.3 Å². The molecule has 2 saturated heterocycles. The number of piperidine rings is 2. The molecule has 154 valence electrons. The number of nitrogens with zero attached hydrogens (tertiary/aromatic N) is 4. The van der Waals surface area contributed by atoms with Crippen LogP contribution in [0.4, 0.5) is 17.2 Å². The monoisotopic (exact) mass is 393 g/mol. The lowest BCUT2D eigenvalue weighted by atomic mass is 9.99. The molecule has 0 saturated carbocycles. The molecule has 29 heavy (non-hydrogen) atoms. The maximum atomic E-state index is 12.8. The molecular formula is C23H31N5O. The van der Waals surface area contributed by atoms with Gasteiger partial charge >= 0.3 is 0 Å². The number of nitrogens with one attached hydrogen (secondary N) is 1. The van der Waals surface area contributed by atoms with Gasteiger partial charge in [0.2, 0.25) is 0 Å². The van der Waals surface area contributed by atoms with Crippen molar-refractivity contribution in [2.45, 2.75) is 46.0 Å². The van der Waals surface area contributed by atoms with Crippen molar-refractivity contribution >= 4 is 23.1 Å². The second kappa shape index (κ2) is 8.80. The molecule has 2 aliphatic rings. The number of carbonyl (C=O) groups excluding carboxylic acids is 1. The zero-order valence-electron chi connectivity index (χ0n) is 17.5. The predicted octanol–water partition coefficient (Wildman–Crippen LogP) is 4.39. The van der Waals surface area contributed by atoms with E-state index in [4.69, 9.17) is 0 Å². The second-order valence-corrected chi connectivity index (χ2v) is 8.38. The van der Waals surface area contributed by atoms with E-state index in [1.165, 1.54) is 24.9 Å². The molecule has 2 fully saturated rings. The van der Waals surface area contributed by atoms with Gasteiger partial charge in [0.05, 0.1) is 0 Å². The molecule has 6 heteroatoms. The molecule has 1 N–H and O–H groups in total. The number of carbonyl (C=O) groups is 1. The van der Waals surface area contributed by atoms with Crippen molar-refractivity contribution in [1.29, 1.82) is 0 Å². The molecule has 1 aromatic heterocycles. The third-order valence-electron chi connectivity index (χ3n) is 5.99. The van der Waals surface area contributed by atoms with Crippen LogP contribution >= 0.6 is 0 Å². The molecule has 2 aromatic rings. The highest BCUT2D eigenvalue weighted by Gasteiger charge is 2.20. The third kappa shape index (κ3) is 4.86. The summed E-state index contributed by atoms with van der Waals surface area (Å²) in [7, 11) is 0. The number of likely N-dealkylation sites (tertiary alicyclic amines) is 1. The van der Waals surface area contributed by atoms with E-state index < -0.39 is 0 Å². The van der Waals surface area contributed by atoms with Gasteiger partial charge in [-0.2, -0.15) is 0 Å². The van der Waals surface area contributed by atoms with Crippen molar-refractivity contribution < 1.29 is 4.79 Å². The zero-order valence-corrected chi connectivity index (χ0v) is 17.5. The van der Waals surface area contributed by atoms with Gasteiger partial charge < -0.3 is 15.1 Å². The minimum atomic E-state index is 0.00734. The Morgan fingerprint density at radius 2 is 1.69 bits per heavy atom. The highest BCUT2D eigenvalue weighted by atomic mass is 16.2. The molecule has 2 aliphatic heterocycles. The van der Waals surface area contributed by atoms with Crippen molar-refractivity contribution in [3.05, 3.63) is 41.9 Å². The highest BCUT2D eigenvalue weighted by Crippen LogP contribution is 2.25. The Morgan fingerprint density at radius 1 is 1.00 bits per heavy atom. The zero-order chi connectivity index (χ0) is 20.2. The molecule has 1 aromatic carbocycles. The van der Waals surface area contributed by atoms with Crippen LogP contribution in [-0.4, -0.2) is 47.0 Å². The van der Waals surface area contributed by atoms with Gasteiger partial charge in [-0.25, -0.2) is 9.97 Å². The minimum Gasteiger partial charge on any atom is -0.372 e. The molecular weight excluding hydrogens is 362 g/mol. The van der Waals surface area contributed by atoms with Gasteiger partial charge in [-0.1, -0.05) is 6.92 Å². The molecule has 0 unspecified atom stereocenters. The van der Waals surface area contributed by atoms with E-state index >= 15 is 0 Å². The Kier molecular flexibility index (Phi) is 5.97. The fraction of sp³-hybridized carbons (Fsp3) is 0.522. The Balaban J connectivity index is 1.45. The van der Waals surface area contributed by atoms with Crippen molar-refractivity contribution in [3.63, 3.8) is 0 Å². The first-order valence-electron chi connectivity index (χ1n) is 10.9. The quantitative estimate of drug-likeness (QED) is 0.835. The summed E-state index contributed by atoms with van der Waals surface area (Å²) >= 11 is 0. The van der Waals surface area contributed by atoms with Crippen LogP contribution in [0.3, 0.4) is 0 Å². The first kappa shape index (κ1) is 19.7. The summed E-state index contributed by atoms with van der Waals surface area (Å²) in [5, 5.41) is 3.34. The summed E-state index contributed by atoms with van der Waals surface area (Å²) in [5.41, 5.74) is 2.71. The second-order valence-electron chi connectivity index (χ2n) is 8.38. The first-order chi connectivity index (χ1) is 14.1. The normalized spacial score (nSPS) is 18.0. The molecule has 0 bridgehead atoms. The van der Waals surface area contributed by atoms with E-state index in [9.17, 15) is 4.79 Å². The van der Waals surface area contributed by atoms with Crippen LogP contribution in [0.2, 0.25) is 0 Å². The number of aryl methyl sites for hydroxylation is 1. The van der Waals surface area contributed by atoms with Crippen LogP contribution in [0.25, 0.3) is 0 Å². The molecule has 3 heterocycles. The van der Waals surface area contributed by atoms with Gasteiger partial charge in [-0.15, -0.1) is 0 Å². The van der Waals surface area contributed by atoms with E-state index in [1.807, 2.05) is 11.8 Å². The number of rotatable bonds is 4. The summed E-state index contributed by atoms with van der Waals surface area (Å²) in [6, 6.07) is 10.2. The summed E-state index contributed by atoms with van der Waals surface area (Å²) < 4.78 is 0. The topological polar surface area (TPSA) is 61.4 Å². The number of anilines is 3. The highest BCUT2D eigenvalue weighted by molar-refractivity contribution is 5.93. The van der Waals surface area contributed by atoms with Gasteiger partial charge in [-0.3, -0.25) is 4.79 Å². The largest absolute Gasteiger partial charge is 0.372 e. The van der Waals surface area contributed by atoms with Crippen LogP contribution in [0.5, 0.6) is 0 Å². The molecule has 0 atom stereocenters. The van der Waals surface area contributed by atoms with Gasteiger partial charge in [0.25, 0.3) is 5.91 Å². The van der Waals surface area contributed by atoms with Gasteiger partial charge in [0.15, 0.2) is 0 Å². The lowest BCUT2D eigenvalue weighted by Gasteiger charge is -2.32. The average molecular weight is 394 g/mol. The maximum absolute atomic E-state index is 12.8. The van der Waals surface area contributed by atoms with E-state index in [1.54, 1.807) is 6.07 Å². The van der Waals surface area contributed by atoms with Crippen LogP contribution in [0, 0.1) is 12.8 Å². The maximum Gasteiger partial charge on any atom is 0.272 e. The summed E-state index contributed by atoms with van der Waals surface area (Å²) in [6.45, 7) is 8.06. The van der Waals surface area contributed by atoms with E-state index in [0.29, 0.717) is 17.3 Å². The van der Waals surface area contributed by atoms with Gasteiger partial charge in [0, 0.05) is 43.6 Å². The third-order valence-corrected chi connectivity index (χ3v) is 5.99. The lowest BCUT2D eigenvalue weighted by Crippen LogP contribution is -2.36. The number of hydrogen-bond donors (Lipinski definition) is 1. The van der Waals surface area contributed by atoms with Gasteiger partial charge in [-0.05, 0) is 69.2 Å². The Labute approximate surface area is 173 Å². The lowest BCUT2D eigenvalue weighted by molar-refractivity contribution is 0.0718. The van der Waals surface area contributed by atoms with E-state index in [-0.39, 0.29) is 5.91 Å². The smallest absolute Gasteiger partial charge is 0.272 e. The molecule has 6 nitrogen and oxygen atoms in total. The SMILES string of the molecule is Cc1nc(Nc2ccc(N3CCC(C)CC3)cc2)cc(C(=O)N2CCCCC2)n1. The Hall–Kier alpha value is -2.63. The molecule has 0 spiro atoms. The molecule has 0 radical (unpaired) electrons. The van der Waals surface area contributed by atoms with E-state index in [0.717, 1.165) is 50.6 Å². The number of benzene rings is 1. The Morgan fingerprint density at radius 3 is 2.38 bits per heavy atom. The summed E-state index contributed by atoms with van der Waals surface area (Å²) in [5.74, 6) is 2.11. The minimum absolute atomic E-state index is 0.00734. The van der Waals surface area contributed by atoms with Crippen molar-refractivity contribution in [1.82, 2.24) is 14.9 Å². The summed E-state index contributed by atoms with van der Waals surface area (Å²) in [4.78, 5) is 26.0. The Bertz CT molecular complexity index is 837. The number of aromatic nitrogens is 2. The van der Waals surface area contributed by atoms with Crippen LogP contribution < -0.4 is 10.2 Å². The first-order valence-corrected chi connectivity index (χ1v) is 10.9. The van der Waals surface area contributed by atoms with Crippen LogP contribution in [0.15, 0.2) is 30.3 Å². The predicted molar refractivity (Wildman–Crippen MR) is 117 cm³/mol. The fourth-order valence-electron chi connectivity index (χ4n) is 4.17. The fourth-order valence-corrected chi connectivity index (χ4v) is 4.17. The molecule has 1 amide bonds. The number of amides is 1.